The van der Waals surface area contributed by atoms with Crippen LogP contribution in [0.5, 0.6) is 0 Å². The van der Waals surface area contributed by atoms with Crippen molar-refractivity contribution in [3.63, 3.8) is 0 Å². The molecular weight excluding hydrogens is 205 g/mol. The van der Waals surface area contributed by atoms with Gasteiger partial charge in [0, 0.05) is 18.7 Å². The van der Waals surface area contributed by atoms with Crippen LogP contribution in [0.2, 0.25) is 0 Å². The molecule has 0 spiro atoms. The van der Waals surface area contributed by atoms with Gasteiger partial charge in [-0.15, -0.1) is 0 Å². The van der Waals surface area contributed by atoms with Gasteiger partial charge in [0.05, 0.1) is 5.69 Å². The fourth-order valence-corrected chi connectivity index (χ4v) is 1.47. The van der Waals surface area contributed by atoms with Crippen LogP contribution < -0.4 is 10.6 Å². The van der Waals surface area contributed by atoms with Crippen molar-refractivity contribution in [3.05, 3.63) is 29.6 Å². The number of nitrogens with two attached hydrogens (primary N) is 1. The van der Waals surface area contributed by atoms with Gasteiger partial charge in [0.15, 0.2) is 0 Å². The van der Waals surface area contributed by atoms with Crippen LogP contribution in [0.3, 0.4) is 0 Å². The van der Waals surface area contributed by atoms with E-state index < -0.39 is 0 Å². The molecule has 0 radical (unpaired) electrons. The molecule has 1 rings (SSSR count). The quantitative estimate of drug-likeness (QED) is 0.608. The van der Waals surface area contributed by atoms with Crippen molar-refractivity contribution in [2.75, 3.05) is 11.9 Å². The number of anilines is 1. The molecule has 3 N–H and O–H groups in total. The third-order valence-corrected chi connectivity index (χ3v) is 2.89. The zero-order valence-electron chi connectivity index (χ0n) is 9.92. The van der Waals surface area contributed by atoms with Crippen LogP contribution in [0, 0.1) is 11.2 Å². The number of halogens is 1. The highest BCUT2D eigenvalue weighted by Gasteiger charge is 2.13. The summed E-state index contributed by atoms with van der Waals surface area (Å²) < 4.78 is 13.8. The van der Waals surface area contributed by atoms with E-state index in [2.05, 4.69) is 6.92 Å². The van der Waals surface area contributed by atoms with Gasteiger partial charge in [0.25, 0.3) is 0 Å². The Morgan fingerprint density at radius 3 is 2.62 bits per heavy atom. The number of amidine groups is 1. The van der Waals surface area contributed by atoms with Crippen molar-refractivity contribution in [3.8, 4) is 0 Å². The van der Waals surface area contributed by atoms with Crippen molar-refractivity contribution >= 4 is 11.5 Å². The Bertz CT molecular complexity index is 390. The normalized spacial score (nSPS) is 12.2. The molecule has 0 aliphatic heterocycles. The summed E-state index contributed by atoms with van der Waals surface area (Å²) in [5, 5.41) is 7.23. The molecule has 0 saturated heterocycles. The van der Waals surface area contributed by atoms with Crippen LogP contribution in [0.1, 0.15) is 25.8 Å². The minimum absolute atomic E-state index is 0.114. The first-order valence-corrected chi connectivity index (χ1v) is 5.34. The fourth-order valence-electron chi connectivity index (χ4n) is 1.47. The van der Waals surface area contributed by atoms with E-state index in [1.807, 2.05) is 18.9 Å². The number of rotatable bonds is 4. The summed E-state index contributed by atoms with van der Waals surface area (Å²) in [6, 6.07) is 4.91. The summed E-state index contributed by atoms with van der Waals surface area (Å²) in [4.78, 5) is 1.89. The SMILES string of the molecule is CCC(C)N(C)c1ccc(C(=N)N)cc1F. The fraction of sp³-hybridized carbons (Fsp3) is 0.417. The average Bonchev–Trinajstić information content (AvgIpc) is 2.26. The molecule has 3 nitrogen and oxygen atoms in total. The summed E-state index contributed by atoms with van der Waals surface area (Å²) in [6.45, 7) is 4.10. The zero-order chi connectivity index (χ0) is 12.3. The maximum atomic E-state index is 13.8. The third-order valence-electron chi connectivity index (χ3n) is 2.89. The second kappa shape index (κ2) is 4.96. The molecule has 0 saturated carbocycles. The molecular formula is C12H18FN3. The van der Waals surface area contributed by atoms with Gasteiger partial charge in [0.2, 0.25) is 0 Å². The zero-order valence-corrected chi connectivity index (χ0v) is 9.92. The van der Waals surface area contributed by atoms with E-state index in [-0.39, 0.29) is 17.7 Å². The van der Waals surface area contributed by atoms with Crippen LogP contribution in [-0.2, 0) is 0 Å². The van der Waals surface area contributed by atoms with Crippen molar-refractivity contribution in [2.24, 2.45) is 5.73 Å². The van der Waals surface area contributed by atoms with Crippen molar-refractivity contribution in [1.29, 1.82) is 5.41 Å². The highest BCUT2D eigenvalue weighted by atomic mass is 19.1. The summed E-state index contributed by atoms with van der Waals surface area (Å²) >= 11 is 0. The lowest BCUT2D eigenvalue weighted by atomic mass is 10.1. The number of hydrogen-bond acceptors (Lipinski definition) is 2. The molecule has 16 heavy (non-hydrogen) atoms. The van der Waals surface area contributed by atoms with Gasteiger partial charge in [-0.05, 0) is 31.5 Å². The van der Waals surface area contributed by atoms with Crippen LogP contribution in [0.25, 0.3) is 0 Å². The van der Waals surface area contributed by atoms with E-state index in [0.29, 0.717) is 11.3 Å². The molecule has 0 amide bonds. The lowest BCUT2D eigenvalue weighted by molar-refractivity contribution is 0.599. The molecule has 0 bridgehead atoms. The minimum atomic E-state index is -0.337. The second-order valence-corrected chi connectivity index (χ2v) is 3.95. The Morgan fingerprint density at radius 2 is 2.19 bits per heavy atom. The summed E-state index contributed by atoms with van der Waals surface area (Å²) in [6.07, 6.45) is 0.949. The van der Waals surface area contributed by atoms with Crippen LogP contribution in [-0.4, -0.2) is 18.9 Å². The molecule has 1 aromatic carbocycles. The molecule has 88 valence electrons. The first kappa shape index (κ1) is 12.5. The highest BCUT2D eigenvalue weighted by molar-refractivity contribution is 5.95. The van der Waals surface area contributed by atoms with Crippen LogP contribution in [0.15, 0.2) is 18.2 Å². The maximum absolute atomic E-state index is 13.8. The van der Waals surface area contributed by atoms with E-state index in [1.54, 1.807) is 12.1 Å². The Hall–Kier alpha value is -1.58. The number of nitrogen functional groups attached to an aromatic ring is 1. The van der Waals surface area contributed by atoms with E-state index >= 15 is 0 Å². The van der Waals surface area contributed by atoms with Gasteiger partial charge in [-0.2, -0.15) is 0 Å². The molecule has 1 aromatic rings. The van der Waals surface area contributed by atoms with E-state index in [0.717, 1.165) is 6.42 Å². The standard InChI is InChI=1S/C12H18FN3/c1-4-8(2)16(3)11-6-5-9(12(14)15)7-10(11)13/h5-8H,4H2,1-3H3,(H3,14,15). The van der Waals surface area contributed by atoms with Crippen molar-refractivity contribution in [1.82, 2.24) is 0 Å². The summed E-state index contributed by atoms with van der Waals surface area (Å²) in [5.74, 6) is -0.452. The van der Waals surface area contributed by atoms with Crippen LogP contribution in [0.4, 0.5) is 10.1 Å². The Balaban J connectivity index is 3.03. The second-order valence-electron chi connectivity index (χ2n) is 3.95. The Kier molecular flexibility index (Phi) is 3.88. The first-order chi connectivity index (χ1) is 7.47. The largest absolute Gasteiger partial charge is 0.384 e. The third kappa shape index (κ3) is 2.51. The van der Waals surface area contributed by atoms with Gasteiger partial charge in [-0.3, -0.25) is 5.41 Å². The molecule has 0 heterocycles. The van der Waals surface area contributed by atoms with E-state index in [9.17, 15) is 4.39 Å². The van der Waals surface area contributed by atoms with Gasteiger partial charge in [0.1, 0.15) is 11.7 Å². The Morgan fingerprint density at radius 1 is 1.56 bits per heavy atom. The van der Waals surface area contributed by atoms with Gasteiger partial charge < -0.3 is 10.6 Å². The molecule has 4 heteroatoms. The number of hydrogen-bond donors (Lipinski definition) is 2. The molecule has 0 aliphatic rings. The molecule has 1 unspecified atom stereocenters. The van der Waals surface area contributed by atoms with Gasteiger partial charge >= 0.3 is 0 Å². The van der Waals surface area contributed by atoms with Crippen molar-refractivity contribution in [2.45, 2.75) is 26.3 Å². The molecule has 0 fully saturated rings. The summed E-state index contributed by atoms with van der Waals surface area (Å²) in [7, 11) is 1.86. The lowest BCUT2D eigenvalue weighted by Gasteiger charge is -2.26. The number of nitrogens with one attached hydrogen (secondary N) is 1. The predicted octanol–water partition coefficient (Wildman–Crippen LogP) is 2.34. The minimum Gasteiger partial charge on any atom is -0.384 e. The Labute approximate surface area is 95.6 Å². The highest BCUT2D eigenvalue weighted by Crippen LogP contribution is 2.21. The molecule has 1 atom stereocenters. The number of nitrogens with zero attached hydrogens (tertiary/aromatic N) is 1. The number of benzene rings is 1. The topological polar surface area (TPSA) is 53.1 Å². The van der Waals surface area contributed by atoms with Gasteiger partial charge in [-0.1, -0.05) is 6.92 Å². The molecule has 0 aromatic heterocycles. The smallest absolute Gasteiger partial charge is 0.147 e. The van der Waals surface area contributed by atoms with Crippen molar-refractivity contribution < 1.29 is 4.39 Å². The first-order valence-electron chi connectivity index (χ1n) is 5.34. The van der Waals surface area contributed by atoms with Crippen LogP contribution >= 0.6 is 0 Å². The molecule has 0 aliphatic carbocycles. The average molecular weight is 223 g/mol. The maximum Gasteiger partial charge on any atom is 0.147 e. The van der Waals surface area contributed by atoms with Gasteiger partial charge in [-0.25, -0.2) is 4.39 Å². The summed E-state index contributed by atoms with van der Waals surface area (Å²) in [5.41, 5.74) is 6.25. The van der Waals surface area contributed by atoms with E-state index in [4.69, 9.17) is 11.1 Å². The lowest BCUT2D eigenvalue weighted by Crippen LogP contribution is -2.29. The predicted molar refractivity (Wildman–Crippen MR) is 65.6 cm³/mol. The monoisotopic (exact) mass is 223 g/mol. The van der Waals surface area contributed by atoms with E-state index in [1.165, 1.54) is 6.07 Å².